The van der Waals surface area contributed by atoms with E-state index in [0.29, 0.717) is 4.58 Å². The third kappa shape index (κ3) is 1.93. The van der Waals surface area contributed by atoms with E-state index in [1.165, 1.54) is 5.75 Å². The average molecular weight is 135 g/mol. The molecule has 1 nitrogen and oxygen atoms in total. The zero-order valence-corrected chi connectivity index (χ0v) is 5.77. The van der Waals surface area contributed by atoms with Crippen LogP contribution in [0.1, 0.15) is 0 Å². The van der Waals surface area contributed by atoms with Gasteiger partial charge in [-0.25, -0.2) is 0 Å². The highest BCUT2D eigenvalue weighted by atomic mass is 32.2. The largest absolute Gasteiger partial charge is 0.314 e. The highest BCUT2D eigenvalue weighted by molar-refractivity contribution is 8.10. The number of thiol groups is 1. The predicted octanol–water partition coefficient (Wildman–Crippen LogP) is 0.579. The normalized spacial score (nSPS) is 33.0. The first-order valence-electron chi connectivity index (χ1n) is 2.40. The van der Waals surface area contributed by atoms with E-state index < -0.39 is 0 Å². The molecule has 1 aliphatic heterocycles. The zero-order chi connectivity index (χ0) is 5.11. The van der Waals surface area contributed by atoms with E-state index in [1.807, 2.05) is 11.8 Å². The van der Waals surface area contributed by atoms with Crippen molar-refractivity contribution in [2.45, 2.75) is 4.58 Å². The van der Waals surface area contributed by atoms with Crippen molar-refractivity contribution in [3.63, 3.8) is 0 Å². The van der Waals surface area contributed by atoms with Gasteiger partial charge < -0.3 is 5.32 Å². The average Bonchev–Trinajstić information content (AvgIpc) is 1.69. The zero-order valence-electron chi connectivity index (χ0n) is 4.05. The molecule has 1 atom stereocenters. The van der Waals surface area contributed by atoms with Crippen LogP contribution in [0.3, 0.4) is 0 Å². The molecule has 0 radical (unpaired) electrons. The molecular weight excluding hydrogens is 126 g/mol. The van der Waals surface area contributed by atoms with Crippen molar-refractivity contribution in [3.05, 3.63) is 0 Å². The van der Waals surface area contributed by atoms with Crippen molar-refractivity contribution in [3.8, 4) is 0 Å². The standard InChI is InChI=1S/C4H9NS2/c6-4-3-5-1-2-7-4/h4-6H,1-3H2. The van der Waals surface area contributed by atoms with E-state index in [1.54, 1.807) is 0 Å². The lowest BCUT2D eigenvalue weighted by atomic mass is 10.6. The lowest BCUT2D eigenvalue weighted by Gasteiger charge is -2.16. The Kier molecular flexibility index (Phi) is 2.35. The van der Waals surface area contributed by atoms with Gasteiger partial charge in [0.25, 0.3) is 0 Å². The summed E-state index contributed by atoms with van der Waals surface area (Å²) in [6.07, 6.45) is 0. The fourth-order valence-electron chi connectivity index (χ4n) is 0.552. The van der Waals surface area contributed by atoms with Crippen LogP contribution in [-0.2, 0) is 0 Å². The summed E-state index contributed by atoms with van der Waals surface area (Å²) in [5.41, 5.74) is 0. The molecule has 1 fully saturated rings. The Labute approximate surface area is 53.7 Å². The number of thioether (sulfide) groups is 1. The molecule has 1 unspecified atom stereocenters. The molecule has 1 heterocycles. The molecule has 0 spiro atoms. The molecule has 0 aromatic rings. The summed E-state index contributed by atoms with van der Waals surface area (Å²) in [4.78, 5) is 0. The van der Waals surface area contributed by atoms with Crippen LogP contribution in [-0.4, -0.2) is 23.4 Å². The van der Waals surface area contributed by atoms with Crippen LogP contribution in [0.4, 0.5) is 0 Å². The van der Waals surface area contributed by atoms with Crippen LogP contribution in [0, 0.1) is 0 Å². The van der Waals surface area contributed by atoms with Gasteiger partial charge in [0, 0.05) is 18.8 Å². The van der Waals surface area contributed by atoms with Crippen molar-refractivity contribution < 1.29 is 0 Å². The van der Waals surface area contributed by atoms with Crippen LogP contribution >= 0.6 is 24.4 Å². The summed E-state index contributed by atoms with van der Waals surface area (Å²) >= 11 is 6.18. The molecule has 1 aliphatic rings. The lowest BCUT2D eigenvalue weighted by molar-refractivity contribution is 0.743. The molecule has 1 rings (SSSR count). The molecule has 0 aromatic carbocycles. The third-order valence-electron chi connectivity index (χ3n) is 0.908. The summed E-state index contributed by atoms with van der Waals surface area (Å²) in [6.45, 7) is 2.22. The van der Waals surface area contributed by atoms with Crippen molar-refractivity contribution in [2.75, 3.05) is 18.8 Å². The molecule has 0 amide bonds. The van der Waals surface area contributed by atoms with Gasteiger partial charge in [-0.15, -0.1) is 11.8 Å². The molecule has 3 heteroatoms. The predicted molar refractivity (Wildman–Crippen MR) is 38.1 cm³/mol. The second-order valence-electron chi connectivity index (χ2n) is 1.53. The first-order chi connectivity index (χ1) is 3.39. The summed E-state index contributed by atoms with van der Waals surface area (Å²) in [7, 11) is 0. The molecule has 1 N–H and O–H groups in total. The summed E-state index contributed by atoms with van der Waals surface area (Å²) in [6, 6.07) is 0. The van der Waals surface area contributed by atoms with Gasteiger partial charge in [-0.2, -0.15) is 12.6 Å². The number of hydrogen-bond acceptors (Lipinski definition) is 3. The molecule has 0 bridgehead atoms. The Morgan fingerprint density at radius 3 is 2.86 bits per heavy atom. The van der Waals surface area contributed by atoms with Gasteiger partial charge in [0.05, 0.1) is 4.58 Å². The second kappa shape index (κ2) is 2.84. The smallest absolute Gasteiger partial charge is 0.0597 e. The third-order valence-corrected chi connectivity index (χ3v) is 2.53. The van der Waals surface area contributed by atoms with E-state index in [2.05, 4.69) is 17.9 Å². The topological polar surface area (TPSA) is 12.0 Å². The van der Waals surface area contributed by atoms with E-state index in [4.69, 9.17) is 0 Å². The Morgan fingerprint density at radius 1 is 1.71 bits per heavy atom. The Hall–Kier alpha value is 0.660. The van der Waals surface area contributed by atoms with Gasteiger partial charge >= 0.3 is 0 Å². The molecular formula is C4H9NS2. The van der Waals surface area contributed by atoms with Gasteiger partial charge in [-0.3, -0.25) is 0 Å². The van der Waals surface area contributed by atoms with Crippen molar-refractivity contribution in [1.29, 1.82) is 0 Å². The van der Waals surface area contributed by atoms with Crippen LogP contribution in [0.15, 0.2) is 0 Å². The molecule has 0 aromatic heterocycles. The lowest BCUT2D eigenvalue weighted by Crippen LogP contribution is -2.29. The first-order valence-corrected chi connectivity index (χ1v) is 3.96. The summed E-state index contributed by atoms with van der Waals surface area (Å²) in [5.74, 6) is 1.22. The van der Waals surface area contributed by atoms with Gasteiger partial charge in [0.1, 0.15) is 0 Å². The summed E-state index contributed by atoms with van der Waals surface area (Å²) < 4.78 is 0.536. The molecule has 0 aliphatic carbocycles. The molecule has 7 heavy (non-hydrogen) atoms. The monoisotopic (exact) mass is 135 g/mol. The van der Waals surface area contributed by atoms with Crippen LogP contribution in [0.2, 0.25) is 0 Å². The molecule has 42 valence electrons. The van der Waals surface area contributed by atoms with Crippen LogP contribution < -0.4 is 5.32 Å². The minimum Gasteiger partial charge on any atom is -0.314 e. The molecule has 0 saturated carbocycles. The Balaban J connectivity index is 2.12. The Morgan fingerprint density at radius 2 is 2.57 bits per heavy atom. The maximum atomic E-state index is 4.26. The Bertz CT molecular complexity index is 51.7. The quantitative estimate of drug-likeness (QED) is 0.471. The SMILES string of the molecule is SC1CNCCS1. The van der Waals surface area contributed by atoms with E-state index in [0.717, 1.165) is 13.1 Å². The van der Waals surface area contributed by atoms with Crippen molar-refractivity contribution in [1.82, 2.24) is 5.32 Å². The molecule has 1 saturated heterocycles. The fourth-order valence-corrected chi connectivity index (χ4v) is 1.77. The fraction of sp³-hybridized carbons (Fsp3) is 1.00. The van der Waals surface area contributed by atoms with Crippen LogP contribution in [0.25, 0.3) is 0 Å². The maximum absolute atomic E-state index is 4.26. The van der Waals surface area contributed by atoms with E-state index in [9.17, 15) is 0 Å². The van der Waals surface area contributed by atoms with E-state index in [-0.39, 0.29) is 0 Å². The second-order valence-corrected chi connectivity index (χ2v) is 3.81. The van der Waals surface area contributed by atoms with Crippen molar-refractivity contribution >= 4 is 24.4 Å². The van der Waals surface area contributed by atoms with Gasteiger partial charge in [0.15, 0.2) is 0 Å². The van der Waals surface area contributed by atoms with Gasteiger partial charge in [-0.1, -0.05) is 0 Å². The minimum absolute atomic E-state index is 0.536. The minimum atomic E-state index is 0.536. The number of nitrogens with one attached hydrogen (secondary N) is 1. The van der Waals surface area contributed by atoms with Crippen molar-refractivity contribution in [2.24, 2.45) is 0 Å². The highest BCUT2D eigenvalue weighted by Gasteiger charge is 2.06. The number of hydrogen-bond donors (Lipinski definition) is 2. The maximum Gasteiger partial charge on any atom is 0.0597 e. The van der Waals surface area contributed by atoms with Crippen LogP contribution in [0.5, 0.6) is 0 Å². The van der Waals surface area contributed by atoms with E-state index >= 15 is 0 Å². The van der Waals surface area contributed by atoms with Gasteiger partial charge in [-0.05, 0) is 0 Å². The first kappa shape index (κ1) is 5.79. The number of rotatable bonds is 0. The highest BCUT2D eigenvalue weighted by Crippen LogP contribution is 2.15. The van der Waals surface area contributed by atoms with Gasteiger partial charge in [0.2, 0.25) is 0 Å². The summed E-state index contributed by atoms with van der Waals surface area (Å²) in [5, 5.41) is 3.24.